The van der Waals surface area contributed by atoms with Crippen LogP contribution in [0.4, 0.5) is 5.69 Å². The van der Waals surface area contributed by atoms with E-state index in [9.17, 15) is 4.79 Å². The molecule has 2 heterocycles. The van der Waals surface area contributed by atoms with Gasteiger partial charge >= 0.3 is 0 Å². The average Bonchev–Trinajstić information content (AvgIpc) is 3.16. The van der Waals surface area contributed by atoms with E-state index in [2.05, 4.69) is 15.3 Å². The molecule has 0 radical (unpaired) electrons. The smallest absolute Gasteiger partial charge is 0.231 e. The predicted molar refractivity (Wildman–Crippen MR) is 98.4 cm³/mol. The Morgan fingerprint density at radius 1 is 1.33 bits per heavy atom. The fourth-order valence-corrected chi connectivity index (χ4v) is 3.83. The number of anilines is 1. The standard InChI is InChI=1S/C17H18N4OS2/c1-12-3-5-13(6-4-12)19-15(22)9-16-20-14(10-23-16)11-24-17-18-7-8-21(17)2/h3-8,10H,9,11H2,1-2H3,(H,19,22). The van der Waals surface area contributed by atoms with Crippen LogP contribution in [0.15, 0.2) is 47.2 Å². The molecule has 0 aliphatic heterocycles. The molecule has 0 aliphatic rings. The van der Waals surface area contributed by atoms with Crippen molar-refractivity contribution < 1.29 is 4.79 Å². The number of imidazole rings is 1. The summed E-state index contributed by atoms with van der Waals surface area (Å²) in [5.41, 5.74) is 2.96. The van der Waals surface area contributed by atoms with Gasteiger partial charge in [0, 0.05) is 36.3 Å². The molecule has 0 aliphatic carbocycles. The summed E-state index contributed by atoms with van der Waals surface area (Å²) in [5.74, 6) is 0.706. The number of nitrogens with zero attached hydrogens (tertiary/aromatic N) is 3. The summed E-state index contributed by atoms with van der Waals surface area (Å²) in [6.45, 7) is 2.02. The number of carbonyl (C=O) groups excluding carboxylic acids is 1. The summed E-state index contributed by atoms with van der Waals surface area (Å²) < 4.78 is 1.98. The molecule has 0 saturated carbocycles. The van der Waals surface area contributed by atoms with Gasteiger partial charge in [-0.2, -0.15) is 0 Å². The van der Waals surface area contributed by atoms with Gasteiger partial charge in [-0.05, 0) is 19.1 Å². The number of rotatable bonds is 6. The normalized spacial score (nSPS) is 10.8. The minimum atomic E-state index is -0.0449. The number of hydrogen-bond acceptors (Lipinski definition) is 5. The number of benzene rings is 1. The fourth-order valence-electron chi connectivity index (χ4n) is 2.11. The molecule has 124 valence electrons. The van der Waals surface area contributed by atoms with Gasteiger partial charge in [0.1, 0.15) is 5.01 Å². The molecule has 0 fully saturated rings. The second-order valence-corrected chi connectivity index (χ2v) is 7.32. The molecule has 1 aromatic carbocycles. The Labute approximate surface area is 149 Å². The second-order valence-electron chi connectivity index (χ2n) is 5.43. The number of amides is 1. The number of hydrogen-bond donors (Lipinski definition) is 1. The number of thioether (sulfide) groups is 1. The Bertz CT molecular complexity index is 823. The van der Waals surface area contributed by atoms with Crippen LogP contribution in [0.1, 0.15) is 16.3 Å². The van der Waals surface area contributed by atoms with Gasteiger partial charge in [0.15, 0.2) is 5.16 Å². The van der Waals surface area contributed by atoms with Crippen molar-refractivity contribution in [1.82, 2.24) is 14.5 Å². The lowest BCUT2D eigenvalue weighted by Gasteiger charge is -2.04. The molecule has 7 heteroatoms. The summed E-state index contributed by atoms with van der Waals surface area (Å²) in [7, 11) is 1.97. The maximum Gasteiger partial charge on any atom is 0.231 e. The van der Waals surface area contributed by atoms with Gasteiger partial charge in [-0.15, -0.1) is 11.3 Å². The molecule has 0 spiro atoms. The van der Waals surface area contributed by atoms with Crippen molar-refractivity contribution in [2.45, 2.75) is 24.3 Å². The Kier molecular flexibility index (Phi) is 5.32. The number of thiazole rings is 1. The van der Waals surface area contributed by atoms with Gasteiger partial charge in [0.05, 0.1) is 12.1 Å². The summed E-state index contributed by atoms with van der Waals surface area (Å²) in [6.07, 6.45) is 4.00. The van der Waals surface area contributed by atoms with Crippen LogP contribution in [-0.4, -0.2) is 20.4 Å². The van der Waals surface area contributed by atoms with Crippen molar-refractivity contribution in [3.05, 3.63) is 58.3 Å². The van der Waals surface area contributed by atoms with Crippen molar-refractivity contribution in [2.24, 2.45) is 7.05 Å². The highest BCUT2D eigenvalue weighted by molar-refractivity contribution is 7.98. The predicted octanol–water partition coefficient (Wildman–Crippen LogP) is 3.66. The summed E-state index contributed by atoms with van der Waals surface area (Å²) >= 11 is 3.16. The first-order valence-corrected chi connectivity index (χ1v) is 9.36. The maximum absolute atomic E-state index is 12.1. The van der Waals surface area contributed by atoms with Gasteiger partial charge in [0.2, 0.25) is 5.91 Å². The van der Waals surface area contributed by atoms with E-state index in [4.69, 9.17) is 0 Å². The fraction of sp³-hybridized carbons (Fsp3) is 0.235. The molecule has 1 N–H and O–H groups in total. The minimum Gasteiger partial charge on any atom is -0.329 e. The van der Waals surface area contributed by atoms with Crippen LogP contribution in [0.5, 0.6) is 0 Å². The van der Waals surface area contributed by atoms with E-state index in [-0.39, 0.29) is 5.91 Å². The van der Waals surface area contributed by atoms with Gasteiger partial charge in [0.25, 0.3) is 0 Å². The molecule has 0 unspecified atom stereocenters. The molecule has 3 rings (SSSR count). The zero-order valence-electron chi connectivity index (χ0n) is 13.5. The number of carbonyl (C=O) groups is 1. The summed E-state index contributed by atoms with van der Waals surface area (Å²) in [4.78, 5) is 20.9. The molecule has 3 aromatic rings. The quantitative estimate of drug-likeness (QED) is 0.683. The monoisotopic (exact) mass is 358 g/mol. The van der Waals surface area contributed by atoms with E-state index >= 15 is 0 Å². The number of nitrogens with one attached hydrogen (secondary N) is 1. The van der Waals surface area contributed by atoms with Crippen molar-refractivity contribution in [3.8, 4) is 0 Å². The number of aryl methyl sites for hydroxylation is 2. The van der Waals surface area contributed by atoms with Crippen LogP contribution in [0.3, 0.4) is 0 Å². The van der Waals surface area contributed by atoms with Crippen molar-refractivity contribution in [2.75, 3.05) is 5.32 Å². The van der Waals surface area contributed by atoms with E-state index in [1.807, 2.05) is 54.4 Å². The molecular formula is C17H18N4OS2. The molecule has 0 bridgehead atoms. The largest absolute Gasteiger partial charge is 0.329 e. The van der Waals surface area contributed by atoms with E-state index in [1.54, 1.807) is 18.0 Å². The Balaban J connectivity index is 1.52. The lowest BCUT2D eigenvalue weighted by molar-refractivity contribution is -0.115. The lowest BCUT2D eigenvalue weighted by Crippen LogP contribution is -2.14. The van der Waals surface area contributed by atoms with Gasteiger partial charge in [-0.1, -0.05) is 29.5 Å². The minimum absolute atomic E-state index is 0.0449. The molecule has 0 saturated heterocycles. The first-order valence-electron chi connectivity index (χ1n) is 7.50. The Hall–Kier alpha value is -2.12. The van der Waals surface area contributed by atoms with E-state index < -0.39 is 0 Å². The second kappa shape index (κ2) is 7.63. The van der Waals surface area contributed by atoms with Crippen LogP contribution >= 0.6 is 23.1 Å². The molecule has 24 heavy (non-hydrogen) atoms. The highest BCUT2D eigenvalue weighted by atomic mass is 32.2. The van der Waals surface area contributed by atoms with Crippen molar-refractivity contribution >= 4 is 34.7 Å². The topological polar surface area (TPSA) is 59.8 Å². The Morgan fingerprint density at radius 3 is 2.83 bits per heavy atom. The average molecular weight is 358 g/mol. The van der Waals surface area contributed by atoms with Crippen LogP contribution in [0.2, 0.25) is 0 Å². The highest BCUT2D eigenvalue weighted by Gasteiger charge is 2.09. The summed E-state index contributed by atoms with van der Waals surface area (Å²) in [5, 5.41) is 6.69. The van der Waals surface area contributed by atoms with Crippen LogP contribution in [0.25, 0.3) is 0 Å². The highest BCUT2D eigenvalue weighted by Crippen LogP contribution is 2.22. The van der Waals surface area contributed by atoms with E-state index in [0.717, 1.165) is 27.3 Å². The molecule has 2 aromatic heterocycles. The molecule has 5 nitrogen and oxygen atoms in total. The Morgan fingerprint density at radius 2 is 2.12 bits per heavy atom. The van der Waals surface area contributed by atoms with E-state index in [0.29, 0.717) is 6.42 Å². The first kappa shape index (κ1) is 16.7. The van der Waals surface area contributed by atoms with Gasteiger partial charge in [-0.3, -0.25) is 4.79 Å². The first-order chi connectivity index (χ1) is 11.6. The third-order valence-corrected chi connectivity index (χ3v) is 5.36. The lowest BCUT2D eigenvalue weighted by atomic mass is 10.2. The van der Waals surface area contributed by atoms with Crippen LogP contribution < -0.4 is 5.32 Å². The molecule has 1 amide bonds. The van der Waals surface area contributed by atoms with Crippen molar-refractivity contribution in [3.63, 3.8) is 0 Å². The van der Waals surface area contributed by atoms with E-state index in [1.165, 1.54) is 16.9 Å². The van der Waals surface area contributed by atoms with Crippen molar-refractivity contribution in [1.29, 1.82) is 0 Å². The molecule has 0 atom stereocenters. The third kappa shape index (κ3) is 4.46. The molecular weight excluding hydrogens is 340 g/mol. The van der Waals surface area contributed by atoms with Gasteiger partial charge in [-0.25, -0.2) is 9.97 Å². The zero-order chi connectivity index (χ0) is 16.9. The summed E-state index contributed by atoms with van der Waals surface area (Å²) in [6, 6.07) is 7.77. The van der Waals surface area contributed by atoms with Crippen LogP contribution in [-0.2, 0) is 24.0 Å². The van der Waals surface area contributed by atoms with Crippen LogP contribution in [0, 0.1) is 6.92 Å². The number of aromatic nitrogens is 3. The maximum atomic E-state index is 12.1. The third-order valence-electron chi connectivity index (χ3n) is 3.37. The SMILES string of the molecule is Cc1ccc(NC(=O)Cc2nc(CSc3nccn3C)cs2)cc1. The zero-order valence-corrected chi connectivity index (χ0v) is 15.2. The van der Waals surface area contributed by atoms with Gasteiger partial charge < -0.3 is 9.88 Å².